The molecule has 1 atom stereocenters. The van der Waals surface area contributed by atoms with E-state index in [-0.39, 0.29) is 12.0 Å². The lowest BCUT2D eigenvalue weighted by atomic mass is 10.00. The summed E-state index contributed by atoms with van der Waals surface area (Å²) in [5, 5.41) is 6.94. The number of anilines is 1. The van der Waals surface area contributed by atoms with Gasteiger partial charge >= 0.3 is 0 Å². The number of nitrogens with one attached hydrogen (secondary N) is 2. The van der Waals surface area contributed by atoms with Gasteiger partial charge in [-0.1, -0.05) is 25.0 Å². The van der Waals surface area contributed by atoms with E-state index in [1.165, 1.54) is 36.1 Å². The van der Waals surface area contributed by atoms with Gasteiger partial charge in [0.05, 0.1) is 6.54 Å². The minimum absolute atomic E-state index is 0.272. The number of carbonyl (C=O) groups excluding carboxylic acids is 1. The van der Waals surface area contributed by atoms with Gasteiger partial charge in [-0.2, -0.15) is 0 Å². The molecule has 164 valence electrons. The Morgan fingerprint density at radius 1 is 1.17 bits per heavy atom. The summed E-state index contributed by atoms with van der Waals surface area (Å²) in [6.07, 6.45) is 7.95. The van der Waals surface area contributed by atoms with E-state index in [0.717, 1.165) is 57.8 Å². The minimum atomic E-state index is 0.272. The predicted octanol–water partition coefficient (Wildman–Crippen LogP) is 2.92. The van der Waals surface area contributed by atoms with Gasteiger partial charge in [0.1, 0.15) is 0 Å². The highest BCUT2D eigenvalue weighted by molar-refractivity contribution is 5.81. The number of likely N-dealkylation sites (tertiary alicyclic amines) is 1. The number of fused-ring (bicyclic) bond motifs is 1. The van der Waals surface area contributed by atoms with E-state index in [4.69, 9.17) is 4.99 Å². The lowest BCUT2D eigenvalue weighted by Gasteiger charge is -2.27. The lowest BCUT2D eigenvalue weighted by Crippen LogP contribution is -2.45. The van der Waals surface area contributed by atoms with E-state index in [0.29, 0.717) is 12.5 Å². The van der Waals surface area contributed by atoms with Crippen LogP contribution in [0.15, 0.2) is 23.2 Å². The second-order valence-corrected chi connectivity index (χ2v) is 9.08. The van der Waals surface area contributed by atoms with E-state index < -0.39 is 0 Å². The molecular weight excluding hydrogens is 374 g/mol. The molecule has 1 saturated heterocycles. The number of nitrogens with zero attached hydrogens (tertiary/aromatic N) is 3. The van der Waals surface area contributed by atoms with Gasteiger partial charge < -0.3 is 20.4 Å². The van der Waals surface area contributed by atoms with Crippen LogP contribution in [0, 0.1) is 5.92 Å². The Labute approximate surface area is 181 Å². The largest absolute Gasteiger partial charge is 0.374 e. The summed E-state index contributed by atoms with van der Waals surface area (Å²) in [7, 11) is 2.17. The van der Waals surface area contributed by atoms with Crippen LogP contribution < -0.4 is 15.5 Å². The van der Waals surface area contributed by atoms with Crippen LogP contribution in [-0.4, -0.2) is 56.0 Å². The number of benzene rings is 1. The van der Waals surface area contributed by atoms with Crippen LogP contribution in [-0.2, 0) is 17.8 Å². The quantitative estimate of drug-likeness (QED) is 0.578. The number of hydrogen-bond acceptors (Lipinski definition) is 3. The summed E-state index contributed by atoms with van der Waals surface area (Å²) >= 11 is 0. The van der Waals surface area contributed by atoms with Gasteiger partial charge in [0.15, 0.2) is 5.96 Å². The first-order valence-electron chi connectivity index (χ1n) is 11.8. The highest BCUT2D eigenvalue weighted by Crippen LogP contribution is 2.28. The Balaban J connectivity index is 1.34. The maximum absolute atomic E-state index is 12.7. The van der Waals surface area contributed by atoms with Crippen LogP contribution >= 0.6 is 0 Å². The predicted molar refractivity (Wildman–Crippen MR) is 123 cm³/mol. The van der Waals surface area contributed by atoms with Crippen molar-refractivity contribution in [3.8, 4) is 0 Å². The van der Waals surface area contributed by atoms with Crippen molar-refractivity contribution in [3.63, 3.8) is 0 Å². The third-order valence-electron chi connectivity index (χ3n) is 6.80. The molecule has 1 aromatic carbocycles. The summed E-state index contributed by atoms with van der Waals surface area (Å²) in [4.78, 5) is 22.0. The third-order valence-corrected chi connectivity index (χ3v) is 6.80. The van der Waals surface area contributed by atoms with Gasteiger partial charge in [0, 0.05) is 50.9 Å². The molecule has 2 N–H and O–H groups in total. The highest BCUT2D eigenvalue weighted by Gasteiger charge is 2.32. The van der Waals surface area contributed by atoms with Crippen molar-refractivity contribution in [3.05, 3.63) is 29.3 Å². The van der Waals surface area contributed by atoms with Crippen molar-refractivity contribution in [1.82, 2.24) is 15.5 Å². The summed E-state index contributed by atoms with van der Waals surface area (Å²) in [5.41, 5.74) is 4.05. The molecule has 0 radical (unpaired) electrons. The maximum atomic E-state index is 12.7. The van der Waals surface area contributed by atoms with Crippen LogP contribution in [0.1, 0.15) is 56.6 Å². The lowest BCUT2D eigenvalue weighted by molar-refractivity contribution is -0.134. The average Bonchev–Trinajstić information content (AvgIpc) is 3.44. The van der Waals surface area contributed by atoms with Crippen LogP contribution in [0.4, 0.5) is 5.69 Å². The fraction of sp³-hybridized carbons (Fsp3) is 0.667. The van der Waals surface area contributed by atoms with Gasteiger partial charge in [-0.05, 0) is 56.2 Å². The fourth-order valence-corrected chi connectivity index (χ4v) is 5.13. The Morgan fingerprint density at radius 2 is 2.00 bits per heavy atom. The molecule has 1 aliphatic carbocycles. The first-order valence-corrected chi connectivity index (χ1v) is 11.8. The second-order valence-electron chi connectivity index (χ2n) is 9.08. The summed E-state index contributed by atoms with van der Waals surface area (Å²) < 4.78 is 0. The normalized spacial score (nSPS) is 22.3. The van der Waals surface area contributed by atoms with Gasteiger partial charge in [-0.3, -0.25) is 4.79 Å². The minimum Gasteiger partial charge on any atom is -0.374 e. The molecule has 6 heteroatoms. The summed E-state index contributed by atoms with van der Waals surface area (Å²) in [6.45, 7) is 6.40. The van der Waals surface area contributed by atoms with Crippen molar-refractivity contribution < 1.29 is 4.79 Å². The van der Waals surface area contributed by atoms with E-state index in [9.17, 15) is 4.79 Å². The van der Waals surface area contributed by atoms with E-state index in [1.54, 1.807) is 0 Å². The zero-order chi connectivity index (χ0) is 20.9. The molecule has 0 bridgehead atoms. The molecule has 3 aliphatic rings. The molecule has 1 unspecified atom stereocenters. The zero-order valence-electron chi connectivity index (χ0n) is 18.6. The van der Waals surface area contributed by atoms with Gasteiger partial charge in [0.25, 0.3) is 0 Å². The van der Waals surface area contributed by atoms with Crippen LogP contribution in [0.5, 0.6) is 0 Å². The number of amides is 1. The fourth-order valence-electron chi connectivity index (χ4n) is 5.13. The molecule has 1 saturated carbocycles. The second kappa shape index (κ2) is 9.71. The zero-order valence-corrected chi connectivity index (χ0v) is 18.6. The molecule has 2 fully saturated rings. The van der Waals surface area contributed by atoms with Crippen LogP contribution in [0.2, 0.25) is 0 Å². The van der Waals surface area contributed by atoms with Crippen LogP contribution in [0.3, 0.4) is 0 Å². The Kier molecular flexibility index (Phi) is 6.80. The first kappa shape index (κ1) is 21.0. The average molecular weight is 412 g/mol. The van der Waals surface area contributed by atoms with Crippen molar-refractivity contribution >= 4 is 17.6 Å². The van der Waals surface area contributed by atoms with Crippen molar-refractivity contribution in [2.24, 2.45) is 10.9 Å². The molecule has 1 aromatic rings. The van der Waals surface area contributed by atoms with Gasteiger partial charge in [0.2, 0.25) is 5.91 Å². The standard InChI is InChI=1S/C24H37N5O/c1-3-25-24(26-16-18-10-11-22-20(15-18)9-6-13-28(22)2)27-21-12-14-29(17-21)23(30)19-7-4-5-8-19/h10-11,15,19,21H,3-9,12-14,16-17H2,1-2H3,(H2,25,26,27). The van der Waals surface area contributed by atoms with Gasteiger partial charge in [-0.25, -0.2) is 4.99 Å². The molecule has 4 rings (SSSR count). The molecule has 1 amide bonds. The number of aryl methyl sites for hydroxylation is 1. The topological polar surface area (TPSA) is 60.0 Å². The number of carbonyl (C=O) groups is 1. The third kappa shape index (κ3) is 4.90. The number of aliphatic imine (C=N–C) groups is 1. The molecule has 0 spiro atoms. The molecular formula is C24H37N5O. The van der Waals surface area contributed by atoms with E-state index >= 15 is 0 Å². The summed E-state index contributed by atoms with van der Waals surface area (Å²) in [6, 6.07) is 7.04. The summed E-state index contributed by atoms with van der Waals surface area (Å²) in [5.74, 6) is 1.50. The van der Waals surface area contributed by atoms with Gasteiger partial charge in [-0.15, -0.1) is 0 Å². The molecule has 2 heterocycles. The monoisotopic (exact) mass is 411 g/mol. The molecule has 30 heavy (non-hydrogen) atoms. The number of hydrogen-bond donors (Lipinski definition) is 2. The number of guanidine groups is 1. The van der Waals surface area contributed by atoms with E-state index in [1.807, 2.05) is 0 Å². The molecule has 0 aromatic heterocycles. The Morgan fingerprint density at radius 3 is 2.80 bits per heavy atom. The van der Waals surface area contributed by atoms with Crippen molar-refractivity contribution in [2.75, 3.05) is 38.1 Å². The molecule has 2 aliphatic heterocycles. The van der Waals surface area contributed by atoms with Crippen LogP contribution in [0.25, 0.3) is 0 Å². The maximum Gasteiger partial charge on any atom is 0.225 e. The number of rotatable bonds is 5. The Bertz CT molecular complexity index is 771. The first-order chi connectivity index (χ1) is 14.6. The van der Waals surface area contributed by atoms with Crippen molar-refractivity contribution in [2.45, 2.75) is 64.5 Å². The highest BCUT2D eigenvalue weighted by atomic mass is 16.2. The smallest absolute Gasteiger partial charge is 0.225 e. The van der Waals surface area contributed by atoms with E-state index in [2.05, 4.69) is 52.6 Å². The van der Waals surface area contributed by atoms with Crippen molar-refractivity contribution in [1.29, 1.82) is 0 Å². The Hall–Kier alpha value is -2.24. The molecule has 6 nitrogen and oxygen atoms in total. The SMILES string of the molecule is CCNC(=NCc1ccc2c(c1)CCCN2C)NC1CCN(C(=O)C2CCCC2)C1.